The molecule has 108 valence electrons. The van der Waals surface area contributed by atoms with Crippen LogP contribution in [0.2, 0.25) is 0 Å². The zero-order chi connectivity index (χ0) is 14.2. The Hall–Kier alpha value is -1.66. The van der Waals surface area contributed by atoms with Gasteiger partial charge in [0.2, 0.25) is 0 Å². The number of carbonyl (C=O) groups is 1. The van der Waals surface area contributed by atoms with E-state index in [1.807, 2.05) is 12.1 Å². The van der Waals surface area contributed by atoms with E-state index in [0.29, 0.717) is 5.69 Å². The SMILES string of the molecule is COC(=O)c1cccc(N2CC(N)CC3(COC3)C2)n1. The quantitative estimate of drug-likeness (QED) is 0.790. The van der Waals surface area contributed by atoms with Crippen molar-refractivity contribution < 1.29 is 14.3 Å². The largest absolute Gasteiger partial charge is 0.464 e. The summed E-state index contributed by atoms with van der Waals surface area (Å²) in [6, 6.07) is 5.48. The summed E-state index contributed by atoms with van der Waals surface area (Å²) in [5.41, 5.74) is 6.63. The first kappa shape index (κ1) is 13.3. The van der Waals surface area contributed by atoms with Crippen LogP contribution in [0.15, 0.2) is 18.2 Å². The van der Waals surface area contributed by atoms with Crippen LogP contribution in [0.4, 0.5) is 5.82 Å². The number of methoxy groups -OCH3 is 1. The van der Waals surface area contributed by atoms with E-state index < -0.39 is 5.97 Å². The number of rotatable bonds is 2. The zero-order valence-electron chi connectivity index (χ0n) is 11.5. The molecule has 0 radical (unpaired) electrons. The van der Waals surface area contributed by atoms with Gasteiger partial charge in [-0.2, -0.15) is 0 Å². The molecular formula is C14H19N3O3. The molecule has 2 aliphatic rings. The average molecular weight is 277 g/mol. The number of ether oxygens (including phenoxy) is 2. The summed E-state index contributed by atoms with van der Waals surface area (Å²) < 4.78 is 10.1. The van der Waals surface area contributed by atoms with Crippen LogP contribution in [0.25, 0.3) is 0 Å². The van der Waals surface area contributed by atoms with Gasteiger partial charge in [-0.05, 0) is 18.6 Å². The molecule has 3 heterocycles. The van der Waals surface area contributed by atoms with E-state index in [1.54, 1.807) is 6.07 Å². The first-order chi connectivity index (χ1) is 9.62. The molecule has 1 spiro atoms. The predicted molar refractivity (Wildman–Crippen MR) is 73.6 cm³/mol. The number of aromatic nitrogens is 1. The molecule has 6 nitrogen and oxygen atoms in total. The van der Waals surface area contributed by atoms with Crippen LogP contribution in [0.3, 0.4) is 0 Å². The van der Waals surface area contributed by atoms with Crippen molar-refractivity contribution in [3.63, 3.8) is 0 Å². The fraction of sp³-hybridized carbons (Fsp3) is 0.571. The van der Waals surface area contributed by atoms with Gasteiger partial charge in [0.15, 0.2) is 5.69 Å². The third-order valence-corrected chi connectivity index (χ3v) is 3.95. The molecule has 20 heavy (non-hydrogen) atoms. The highest BCUT2D eigenvalue weighted by atomic mass is 16.5. The minimum absolute atomic E-state index is 0.108. The maximum absolute atomic E-state index is 11.6. The lowest BCUT2D eigenvalue weighted by molar-refractivity contribution is -0.120. The monoisotopic (exact) mass is 277 g/mol. The first-order valence-electron chi connectivity index (χ1n) is 6.76. The molecule has 0 aromatic carbocycles. The van der Waals surface area contributed by atoms with Gasteiger partial charge in [0.25, 0.3) is 0 Å². The molecule has 0 aliphatic carbocycles. The molecule has 0 saturated carbocycles. The van der Waals surface area contributed by atoms with Gasteiger partial charge < -0.3 is 20.1 Å². The number of hydrogen-bond donors (Lipinski definition) is 1. The summed E-state index contributed by atoms with van der Waals surface area (Å²) in [7, 11) is 1.36. The number of esters is 1. The molecule has 1 unspecified atom stereocenters. The Morgan fingerprint density at radius 2 is 2.35 bits per heavy atom. The molecule has 1 aromatic rings. The van der Waals surface area contributed by atoms with Gasteiger partial charge in [-0.25, -0.2) is 9.78 Å². The molecule has 0 bridgehead atoms. The zero-order valence-corrected chi connectivity index (χ0v) is 11.5. The Morgan fingerprint density at radius 1 is 1.55 bits per heavy atom. The van der Waals surface area contributed by atoms with Gasteiger partial charge >= 0.3 is 5.97 Å². The smallest absolute Gasteiger partial charge is 0.356 e. The summed E-state index contributed by atoms with van der Waals surface area (Å²) in [5.74, 6) is 0.351. The molecular weight excluding hydrogens is 258 g/mol. The van der Waals surface area contributed by atoms with E-state index in [-0.39, 0.29) is 11.5 Å². The predicted octanol–water partition coefficient (Wildman–Crippen LogP) is 0.422. The third kappa shape index (κ3) is 2.36. The van der Waals surface area contributed by atoms with Gasteiger partial charge in [0, 0.05) is 24.5 Å². The van der Waals surface area contributed by atoms with Crippen molar-refractivity contribution in [3.05, 3.63) is 23.9 Å². The topological polar surface area (TPSA) is 77.7 Å². The molecule has 2 N–H and O–H groups in total. The molecule has 3 rings (SSSR count). The van der Waals surface area contributed by atoms with Crippen molar-refractivity contribution in [2.75, 3.05) is 38.3 Å². The fourth-order valence-electron chi connectivity index (χ4n) is 3.03. The van der Waals surface area contributed by atoms with Crippen LogP contribution >= 0.6 is 0 Å². The minimum Gasteiger partial charge on any atom is -0.464 e. The number of anilines is 1. The Labute approximate surface area is 117 Å². The average Bonchev–Trinajstić information content (AvgIpc) is 2.44. The number of hydrogen-bond acceptors (Lipinski definition) is 6. The lowest BCUT2D eigenvalue weighted by atomic mass is 9.76. The van der Waals surface area contributed by atoms with Crippen LogP contribution in [0.1, 0.15) is 16.9 Å². The van der Waals surface area contributed by atoms with Gasteiger partial charge in [-0.3, -0.25) is 0 Å². The minimum atomic E-state index is -0.421. The number of carbonyl (C=O) groups excluding carboxylic acids is 1. The van der Waals surface area contributed by atoms with Crippen LogP contribution in [0.5, 0.6) is 0 Å². The highest BCUT2D eigenvalue weighted by molar-refractivity contribution is 5.87. The molecule has 2 aliphatic heterocycles. The van der Waals surface area contributed by atoms with E-state index in [0.717, 1.165) is 38.5 Å². The highest BCUT2D eigenvalue weighted by Gasteiger charge is 2.45. The van der Waals surface area contributed by atoms with Crippen LogP contribution in [-0.4, -0.2) is 50.4 Å². The fourth-order valence-corrected chi connectivity index (χ4v) is 3.03. The van der Waals surface area contributed by atoms with Gasteiger partial charge in [0.05, 0.1) is 20.3 Å². The molecule has 1 aromatic heterocycles. The van der Waals surface area contributed by atoms with Crippen LogP contribution in [-0.2, 0) is 9.47 Å². The van der Waals surface area contributed by atoms with E-state index in [9.17, 15) is 4.79 Å². The van der Waals surface area contributed by atoms with Gasteiger partial charge in [-0.15, -0.1) is 0 Å². The van der Waals surface area contributed by atoms with E-state index >= 15 is 0 Å². The number of piperidine rings is 1. The van der Waals surface area contributed by atoms with E-state index in [1.165, 1.54) is 7.11 Å². The number of pyridine rings is 1. The molecule has 2 fully saturated rings. The van der Waals surface area contributed by atoms with E-state index in [4.69, 9.17) is 15.2 Å². The first-order valence-corrected chi connectivity index (χ1v) is 6.76. The summed E-state index contributed by atoms with van der Waals surface area (Å²) in [6.07, 6.45) is 0.986. The second kappa shape index (κ2) is 5.03. The lowest BCUT2D eigenvalue weighted by Crippen LogP contribution is -2.60. The second-order valence-corrected chi connectivity index (χ2v) is 5.71. The van der Waals surface area contributed by atoms with Crippen molar-refractivity contribution in [1.29, 1.82) is 0 Å². The Balaban J connectivity index is 1.82. The molecule has 1 atom stereocenters. The normalized spacial score (nSPS) is 24.3. The summed E-state index contributed by atoms with van der Waals surface area (Å²) in [4.78, 5) is 18.1. The maximum atomic E-state index is 11.6. The highest BCUT2D eigenvalue weighted by Crippen LogP contribution is 2.37. The molecule has 0 amide bonds. The number of nitrogens with two attached hydrogens (primary N) is 1. The Kier molecular flexibility index (Phi) is 3.35. The summed E-state index contributed by atoms with van der Waals surface area (Å²) in [6.45, 7) is 3.14. The van der Waals surface area contributed by atoms with Gasteiger partial charge in [-0.1, -0.05) is 6.07 Å². The standard InChI is InChI=1S/C14H19N3O3/c1-19-13(18)11-3-2-4-12(16-11)17-6-10(15)5-14(7-17)8-20-9-14/h2-4,10H,5-9,15H2,1H3. The lowest BCUT2D eigenvalue weighted by Gasteiger charge is -2.50. The summed E-state index contributed by atoms with van der Waals surface area (Å²) >= 11 is 0. The van der Waals surface area contributed by atoms with Crippen LogP contribution < -0.4 is 10.6 Å². The summed E-state index contributed by atoms with van der Waals surface area (Å²) in [5, 5.41) is 0. The maximum Gasteiger partial charge on any atom is 0.356 e. The molecule has 2 saturated heterocycles. The second-order valence-electron chi connectivity index (χ2n) is 5.71. The van der Waals surface area contributed by atoms with Crippen LogP contribution in [0, 0.1) is 5.41 Å². The van der Waals surface area contributed by atoms with Crippen molar-refractivity contribution in [2.24, 2.45) is 11.1 Å². The Morgan fingerprint density at radius 3 is 3.00 bits per heavy atom. The van der Waals surface area contributed by atoms with E-state index in [2.05, 4.69) is 9.88 Å². The van der Waals surface area contributed by atoms with Gasteiger partial charge in [0.1, 0.15) is 5.82 Å². The van der Waals surface area contributed by atoms with Crippen molar-refractivity contribution in [3.8, 4) is 0 Å². The van der Waals surface area contributed by atoms with Crippen molar-refractivity contribution >= 4 is 11.8 Å². The number of nitrogens with zero attached hydrogens (tertiary/aromatic N) is 2. The third-order valence-electron chi connectivity index (χ3n) is 3.95. The van der Waals surface area contributed by atoms with Crippen molar-refractivity contribution in [1.82, 2.24) is 4.98 Å². The Bertz CT molecular complexity index is 516. The molecule has 6 heteroatoms. The van der Waals surface area contributed by atoms with Crippen molar-refractivity contribution in [2.45, 2.75) is 12.5 Å².